The van der Waals surface area contributed by atoms with Gasteiger partial charge in [-0.05, 0) is 57.2 Å². The number of amides is 3. The summed E-state index contributed by atoms with van der Waals surface area (Å²) in [7, 11) is 1.51. The number of carbonyl (C=O) groups is 6. The number of methoxy groups -OCH3 is 1. The van der Waals surface area contributed by atoms with E-state index in [0.717, 1.165) is 24.8 Å². The molecular formula is C34H46N4O12. The van der Waals surface area contributed by atoms with Gasteiger partial charge in [0.05, 0.1) is 39.5 Å². The van der Waals surface area contributed by atoms with Crippen molar-refractivity contribution in [3.63, 3.8) is 0 Å². The number of ether oxygens (including phenoxy) is 3. The lowest BCUT2D eigenvalue weighted by atomic mass is 9.93. The number of hydrogen-bond acceptors (Lipinski definition) is 11. The fourth-order valence-corrected chi connectivity index (χ4v) is 5.29. The van der Waals surface area contributed by atoms with Crippen LogP contribution in [0.3, 0.4) is 0 Å². The SMILES string of the molecule is COc1ccc(C(O)C(NC(=O)C(C)NC(=O)CN2CCOCC2)C(=O)NC(CC2=CCCC2)C(=O)C2(C)CO2)cc1.O=C(O)C=CC(=O)O. The third kappa shape index (κ3) is 12.7. The largest absolute Gasteiger partial charge is 0.497 e. The van der Waals surface area contributed by atoms with Gasteiger partial charge in [-0.15, -0.1) is 0 Å². The van der Waals surface area contributed by atoms with Gasteiger partial charge in [0.1, 0.15) is 29.5 Å². The molecule has 0 aromatic heterocycles. The molecular weight excluding hydrogens is 656 g/mol. The Labute approximate surface area is 289 Å². The van der Waals surface area contributed by atoms with Crippen molar-refractivity contribution in [2.24, 2.45) is 0 Å². The molecule has 2 heterocycles. The van der Waals surface area contributed by atoms with Gasteiger partial charge in [-0.1, -0.05) is 23.8 Å². The van der Waals surface area contributed by atoms with Crippen molar-refractivity contribution in [2.75, 3.05) is 46.6 Å². The number of hydrogen-bond donors (Lipinski definition) is 6. The normalized spacial score (nSPS) is 20.9. The number of allylic oxidation sites excluding steroid dienone is 1. The minimum Gasteiger partial charge on any atom is -0.497 e. The fraction of sp³-hybridized carbons (Fsp3) is 0.529. The van der Waals surface area contributed by atoms with Crippen LogP contribution in [0.4, 0.5) is 0 Å². The third-order valence-corrected chi connectivity index (χ3v) is 8.30. The Morgan fingerprint density at radius 3 is 2.12 bits per heavy atom. The van der Waals surface area contributed by atoms with Gasteiger partial charge in [0.25, 0.3) is 0 Å². The smallest absolute Gasteiger partial charge is 0.328 e. The molecule has 0 radical (unpaired) electrons. The molecule has 5 atom stereocenters. The minimum absolute atomic E-state index is 0.111. The Bertz CT molecular complexity index is 1420. The van der Waals surface area contributed by atoms with Crippen molar-refractivity contribution in [1.29, 1.82) is 0 Å². The summed E-state index contributed by atoms with van der Waals surface area (Å²) in [6.45, 7) is 5.88. The third-order valence-electron chi connectivity index (χ3n) is 8.30. The average Bonchev–Trinajstić information content (AvgIpc) is 3.63. The van der Waals surface area contributed by atoms with E-state index >= 15 is 0 Å². The summed E-state index contributed by atoms with van der Waals surface area (Å²) >= 11 is 0. The summed E-state index contributed by atoms with van der Waals surface area (Å²) in [5.74, 6) is -3.93. The van der Waals surface area contributed by atoms with E-state index in [1.807, 2.05) is 4.90 Å². The molecule has 1 aromatic carbocycles. The first-order valence-electron chi connectivity index (χ1n) is 16.2. The fourth-order valence-electron chi connectivity index (χ4n) is 5.29. The number of epoxide rings is 1. The van der Waals surface area contributed by atoms with E-state index in [1.165, 1.54) is 14.0 Å². The summed E-state index contributed by atoms with van der Waals surface area (Å²) in [6.07, 6.45) is 4.82. The predicted molar refractivity (Wildman–Crippen MR) is 177 cm³/mol. The van der Waals surface area contributed by atoms with Crippen LogP contribution >= 0.6 is 0 Å². The molecule has 0 bridgehead atoms. The van der Waals surface area contributed by atoms with Crippen molar-refractivity contribution < 1.29 is 58.3 Å². The number of carboxylic acid groups (broad SMARTS) is 2. The summed E-state index contributed by atoms with van der Waals surface area (Å²) in [4.78, 5) is 73.9. The number of Topliss-reactive ketones (excluding diaryl/α,β-unsaturated/α-hetero) is 1. The van der Waals surface area contributed by atoms with Crippen LogP contribution in [0.5, 0.6) is 5.75 Å². The molecule has 3 aliphatic rings. The van der Waals surface area contributed by atoms with Gasteiger partial charge >= 0.3 is 11.9 Å². The highest BCUT2D eigenvalue weighted by Crippen LogP contribution is 2.31. The molecule has 274 valence electrons. The quantitative estimate of drug-likeness (QED) is 0.0764. The second kappa shape index (κ2) is 18.9. The van der Waals surface area contributed by atoms with Crippen molar-refractivity contribution in [2.45, 2.75) is 69.4 Å². The van der Waals surface area contributed by atoms with Gasteiger partial charge < -0.3 is 45.5 Å². The molecule has 4 rings (SSSR count). The van der Waals surface area contributed by atoms with Crippen LogP contribution in [0.15, 0.2) is 48.1 Å². The van der Waals surface area contributed by atoms with Gasteiger partial charge in [-0.2, -0.15) is 0 Å². The predicted octanol–water partition coefficient (Wildman–Crippen LogP) is 0.105. The molecule has 16 nitrogen and oxygen atoms in total. The van der Waals surface area contributed by atoms with Crippen LogP contribution in [-0.4, -0.2) is 126 Å². The number of nitrogens with one attached hydrogen (secondary N) is 3. The lowest BCUT2D eigenvalue weighted by Crippen LogP contribution is -2.58. The number of morpholine rings is 1. The molecule has 16 heteroatoms. The van der Waals surface area contributed by atoms with E-state index in [0.29, 0.717) is 56.2 Å². The highest BCUT2D eigenvalue weighted by molar-refractivity contribution is 5.99. The monoisotopic (exact) mass is 702 g/mol. The number of carboxylic acids is 2. The molecule has 1 aromatic rings. The second-order valence-corrected chi connectivity index (χ2v) is 12.3. The number of ketones is 1. The number of aliphatic carboxylic acids is 2. The van der Waals surface area contributed by atoms with Crippen LogP contribution in [0.1, 0.15) is 51.2 Å². The van der Waals surface area contributed by atoms with Gasteiger partial charge in [0.15, 0.2) is 5.78 Å². The summed E-state index contributed by atoms with van der Waals surface area (Å²) in [5, 5.41) is 35.0. The zero-order valence-corrected chi connectivity index (χ0v) is 28.4. The number of rotatable bonds is 16. The number of aliphatic hydroxyl groups excluding tert-OH is 1. The standard InChI is InChI=1S/C30H42N4O8.C4H4O4/c1-19(31-24(35)17-34-12-14-41-15-13-34)28(38)33-25(26(36)21-8-10-22(40-3)11-9-21)29(39)32-23(16-20-6-4-5-7-20)27(37)30(2)18-42-30;5-3(6)1-2-4(7)8/h6,8-11,19,23,25-26,36H,4-5,7,12-18H2,1-3H3,(H,31,35)(H,32,39)(H,33,38);1-2H,(H,5,6)(H,7,8). The van der Waals surface area contributed by atoms with Gasteiger partial charge in [0.2, 0.25) is 17.7 Å². The van der Waals surface area contributed by atoms with Crippen LogP contribution in [0.2, 0.25) is 0 Å². The van der Waals surface area contributed by atoms with Crippen molar-refractivity contribution >= 4 is 35.4 Å². The van der Waals surface area contributed by atoms with E-state index in [4.69, 9.17) is 24.4 Å². The zero-order valence-electron chi connectivity index (χ0n) is 28.4. The number of aliphatic hydroxyl groups is 1. The summed E-state index contributed by atoms with van der Waals surface area (Å²) in [6, 6.07) is 3.12. The molecule has 3 amide bonds. The first-order chi connectivity index (χ1) is 23.7. The Balaban J connectivity index is 0.000000753. The van der Waals surface area contributed by atoms with E-state index in [2.05, 4.69) is 22.0 Å². The van der Waals surface area contributed by atoms with Crippen LogP contribution in [0, 0.1) is 0 Å². The molecule has 0 spiro atoms. The van der Waals surface area contributed by atoms with Crippen molar-refractivity contribution in [1.82, 2.24) is 20.9 Å². The maximum atomic E-state index is 13.7. The maximum absolute atomic E-state index is 13.7. The number of carbonyl (C=O) groups excluding carboxylic acids is 4. The maximum Gasteiger partial charge on any atom is 0.328 e. The topological polar surface area (TPSA) is 233 Å². The molecule has 1 aliphatic carbocycles. The minimum atomic E-state index is -1.45. The zero-order chi connectivity index (χ0) is 36.8. The lowest BCUT2D eigenvalue weighted by Gasteiger charge is -2.29. The van der Waals surface area contributed by atoms with Crippen molar-refractivity contribution in [3.05, 3.63) is 53.6 Å². The van der Waals surface area contributed by atoms with E-state index in [1.54, 1.807) is 31.2 Å². The van der Waals surface area contributed by atoms with Gasteiger partial charge in [-0.3, -0.25) is 24.1 Å². The molecule has 2 saturated heterocycles. The Hall–Kier alpha value is -4.64. The highest BCUT2D eigenvalue weighted by atomic mass is 16.6. The molecule has 2 fully saturated rings. The Morgan fingerprint density at radius 2 is 1.60 bits per heavy atom. The summed E-state index contributed by atoms with van der Waals surface area (Å²) < 4.78 is 15.9. The van der Waals surface area contributed by atoms with Crippen molar-refractivity contribution in [3.8, 4) is 5.75 Å². The van der Waals surface area contributed by atoms with Crippen LogP contribution in [-0.2, 0) is 38.2 Å². The molecule has 50 heavy (non-hydrogen) atoms. The van der Waals surface area contributed by atoms with E-state index < -0.39 is 53.6 Å². The average molecular weight is 703 g/mol. The van der Waals surface area contributed by atoms with E-state index in [-0.39, 0.29) is 24.8 Å². The number of nitrogens with zero attached hydrogens (tertiary/aromatic N) is 1. The first kappa shape index (κ1) is 39.8. The second-order valence-electron chi connectivity index (χ2n) is 12.3. The highest BCUT2D eigenvalue weighted by Gasteiger charge is 2.50. The molecule has 5 unspecified atom stereocenters. The van der Waals surface area contributed by atoms with Crippen LogP contribution < -0.4 is 20.7 Å². The number of benzene rings is 1. The first-order valence-corrected chi connectivity index (χ1v) is 16.2. The van der Waals surface area contributed by atoms with Crippen LogP contribution in [0.25, 0.3) is 0 Å². The summed E-state index contributed by atoms with van der Waals surface area (Å²) in [5.41, 5.74) is 0.467. The van der Waals surface area contributed by atoms with Gasteiger partial charge in [-0.25, -0.2) is 9.59 Å². The van der Waals surface area contributed by atoms with Gasteiger partial charge in [0, 0.05) is 25.2 Å². The van der Waals surface area contributed by atoms with E-state index in [9.17, 15) is 33.9 Å². The molecule has 6 N–H and O–H groups in total. The molecule has 2 aliphatic heterocycles. The molecule has 0 saturated carbocycles. The lowest BCUT2D eigenvalue weighted by molar-refractivity contribution is -0.136. The Morgan fingerprint density at radius 1 is 0.980 bits per heavy atom. The Kier molecular flexibility index (Phi) is 15.1.